The van der Waals surface area contributed by atoms with Crippen LogP contribution in [0.1, 0.15) is 26.3 Å². The molecule has 6 heteroatoms. The number of nitrogens with one attached hydrogen (secondary N) is 1. The Hall–Kier alpha value is -1.56. The van der Waals surface area contributed by atoms with Gasteiger partial charge in [0.1, 0.15) is 6.10 Å². The van der Waals surface area contributed by atoms with E-state index in [9.17, 15) is 9.59 Å². The summed E-state index contributed by atoms with van der Waals surface area (Å²) in [6.07, 6.45) is -0.506. The zero-order chi connectivity index (χ0) is 16.0. The molecule has 3 N–H and O–H groups in total. The van der Waals surface area contributed by atoms with Crippen molar-refractivity contribution in [3.63, 3.8) is 0 Å². The summed E-state index contributed by atoms with van der Waals surface area (Å²) in [6, 6.07) is 7.43. The zero-order valence-electron chi connectivity index (χ0n) is 12.5. The van der Waals surface area contributed by atoms with Gasteiger partial charge in [0.2, 0.25) is 5.91 Å². The van der Waals surface area contributed by atoms with Crippen LogP contribution in [0, 0.1) is 5.41 Å². The first-order chi connectivity index (χ1) is 9.72. The van der Waals surface area contributed by atoms with Gasteiger partial charge in [0.15, 0.2) is 0 Å². The first-order valence-electron chi connectivity index (χ1n) is 6.63. The lowest BCUT2D eigenvalue weighted by molar-refractivity contribution is -0.113. The zero-order valence-corrected chi connectivity index (χ0v) is 14.1. The number of anilines is 1. The lowest BCUT2D eigenvalue weighted by atomic mass is 9.85. The molecule has 116 valence electrons. The third-order valence-corrected chi connectivity index (χ3v) is 3.51. The predicted molar refractivity (Wildman–Crippen MR) is 86.5 cm³/mol. The molecule has 0 radical (unpaired) electrons. The quantitative estimate of drug-likeness (QED) is 0.795. The van der Waals surface area contributed by atoms with Crippen LogP contribution in [0.15, 0.2) is 24.3 Å². The molecule has 0 aliphatic rings. The summed E-state index contributed by atoms with van der Waals surface area (Å²) in [7, 11) is 0. The van der Waals surface area contributed by atoms with Gasteiger partial charge in [-0.05, 0) is 23.1 Å². The van der Waals surface area contributed by atoms with Gasteiger partial charge in [0.05, 0.1) is 5.33 Å². The third kappa shape index (κ3) is 6.16. The molecule has 0 spiro atoms. The van der Waals surface area contributed by atoms with Crippen molar-refractivity contribution in [1.29, 1.82) is 0 Å². The van der Waals surface area contributed by atoms with Crippen LogP contribution in [-0.4, -0.2) is 23.4 Å². The molecule has 0 saturated carbocycles. The Morgan fingerprint density at radius 3 is 2.29 bits per heavy atom. The second-order valence-corrected chi connectivity index (χ2v) is 6.44. The van der Waals surface area contributed by atoms with Crippen molar-refractivity contribution in [3.05, 3.63) is 29.8 Å². The Labute approximate surface area is 133 Å². The number of halogens is 1. The number of ether oxygens (including phenoxy) is 1. The van der Waals surface area contributed by atoms with Crippen LogP contribution >= 0.6 is 15.9 Å². The van der Waals surface area contributed by atoms with E-state index in [-0.39, 0.29) is 22.8 Å². The van der Waals surface area contributed by atoms with Crippen molar-refractivity contribution in [1.82, 2.24) is 0 Å². The summed E-state index contributed by atoms with van der Waals surface area (Å²) >= 11 is 3.09. The largest absolute Gasteiger partial charge is 0.445 e. The molecule has 0 heterocycles. The van der Waals surface area contributed by atoms with Crippen LogP contribution in [0.2, 0.25) is 0 Å². The molecule has 0 aliphatic carbocycles. The first-order valence-corrected chi connectivity index (χ1v) is 7.75. The van der Waals surface area contributed by atoms with Gasteiger partial charge in [-0.2, -0.15) is 0 Å². The summed E-state index contributed by atoms with van der Waals surface area (Å²) in [5.41, 5.74) is 6.65. The third-order valence-electron chi connectivity index (χ3n) is 3.00. The molecular formula is C15H21BrN2O3. The average Bonchev–Trinajstić information content (AvgIpc) is 2.38. The van der Waals surface area contributed by atoms with E-state index < -0.39 is 6.09 Å². The minimum atomic E-state index is -0.767. The molecule has 0 saturated heterocycles. The second-order valence-electron chi connectivity index (χ2n) is 5.87. The number of hydrogen-bond acceptors (Lipinski definition) is 3. The summed E-state index contributed by atoms with van der Waals surface area (Å²) in [5, 5.41) is 3.00. The number of carbonyl (C=O) groups excluding carboxylic acids is 2. The van der Waals surface area contributed by atoms with Gasteiger partial charge in [-0.25, -0.2) is 4.79 Å². The lowest BCUT2D eigenvalue weighted by Crippen LogP contribution is -2.35. The minimum absolute atomic E-state index is 0.104. The van der Waals surface area contributed by atoms with Crippen molar-refractivity contribution < 1.29 is 14.3 Å². The highest BCUT2D eigenvalue weighted by Crippen LogP contribution is 2.26. The van der Waals surface area contributed by atoms with Crippen molar-refractivity contribution in [2.75, 3.05) is 10.6 Å². The minimum Gasteiger partial charge on any atom is -0.445 e. The number of hydrogen-bond donors (Lipinski definition) is 2. The van der Waals surface area contributed by atoms with E-state index in [4.69, 9.17) is 10.5 Å². The Bertz CT molecular complexity index is 495. The van der Waals surface area contributed by atoms with Crippen LogP contribution < -0.4 is 11.1 Å². The predicted octanol–water partition coefficient (Wildman–Crippen LogP) is 3.07. The van der Waals surface area contributed by atoms with Crippen LogP contribution in [0.5, 0.6) is 0 Å². The van der Waals surface area contributed by atoms with Crippen LogP contribution in [0.3, 0.4) is 0 Å². The average molecular weight is 357 g/mol. The maximum absolute atomic E-state index is 11.3. The smallest absolute Gasteiger partial charge is 0.404 e. The normalized spacial score (nSPS) is 12.6. The monoisotopic (exact) mass is 356 g/mol. The molecule has 1 unspecified atom stereocenters. The molecular weight excluding hydrogens is 336 g/mol. The van der Waals surface area contributed by atoms with Crippen LogP contribution in [-0.2, 0) is 16.0 Å². The second kappa shape index (κ2) is 7.45. The van der Waals surface area contributed by atoms with E-state index in [1.165, 1.54) is 0 Å². The maximum atomic E-state index is 11.3. The molecule has 0 fully saturated rings. The number of nitrogens with two attached hydrogens (primary N) is 1. The van der Waals surface area contributed by atoms with E-state index in [0.29, 0.717) is 6.42 Å². The fourth-order valence-corrected chi connectivity index (χ4v) is 1.94. The number of benzene rings is 1. The Balaban J connectivity index is 2.76. The van der Waals surface area contributed by atoms with Crippen molar-refractivity contribution in [3.8, 4) is 0 Å². The standard InChI is InChI=1S/C15H21BrN2O3/c1-15(2,3)12(21-14(17)20)8-10-4-6-11(7-5-10)18-13(19)9-16/h4-7,12H,8-9H2,1-3H3,(H2,17,20)(H,18,19). The summed E-state index contributed by atoms with van der Waals surface area (Å²) in [5.74, 6) is -0.104. The number of rotatable bonds is 5. The van der Waals surface area contributed by atoms with Gasteiger partial charge < -0.3 is 15.8 Å². The van der Waals surface area contributed by atoms with Gasteiger partial charge in [0.25, 0.3) is 0 Å². The summed E-state index contributed by atoms with van der Waals surface area (Å²) in [6.45, 7) is 5.97. The van der Waals surface area contributed by atoms with Crippen molar-refractivity contribution in [2.24, 2.45) is 11.1 Å². The van der Waals surface area contributed by atoms with Crippen LogP contribution in [0.4, 0.5) is 10.5 Å². The molecule has 5 nitrogen and oxygen atoms in total. The van der Waals surface area contributed by atoms with Crippen LogP contribution in [0.25, 0.3) is 0 Å². The highest BCUT2D eigenvalue weighted by Gasteiger charge is 2.27. The van der Waals surface area contributed by atoms with E-state index in [0.717, 1.165) is 11.3 Å². The van der Waals surface area contributed by atoms with Gasteiger partial charge >= 0.3 is 6.09 Å². The summed E-state index contributed by atoms with van der Waals surface area (Å²) in [4.78, 5) is 22.3. The number of carbonyl (C=O) groups is 2. The van der Waals surface area contributed by atoms with Crippen molar-refractivity contribution >= 4 is 33.6 Å². The van der Waals surface area contributed by atoms with E-state index in [2.05, 4.69) is 21.2 Å². The van der Waals surface area contributed by atoms with Gasteiger partial charge in [-0.15, -0.1) is 0 Å². The van der Waals surface area contributed by atoms with Gasteiger partial charge in [0, 0.05) is 12.1 Å². The SMILES string of the molecule is CC(C)(C)C(Cc1ccc(NC(=O)CBr)cc1)OC(N)=O. The van der Waals surface area contributed by atoms with Gasteiger partial charge in [-0.3, -0.25) is 4.79 Å². The van der Waals surface area contributed by atoms with E-state index >= 15 is 0 Å². The topological polar surface area (TPSA) is 81.4 Å². The molecule has 0 bridgehead atoms. The molecule has 21 heavy (non-hydrogen) atoms. The molecule has 1 atom stereocenters. The molecule has 1 rings (SSSR count). The van der Waals surface area contributed by atoms with Crippen molar-refractivity contribution in [2.45, 2.75) is 33.3 Å². The fraction of sp³-hybridized carbons (Fsp3) is 0.467. The number of alkyl halides is 1. The number of primary amides is 1. The lowest BCUT2D eigenvalue weighted by Gasteiger charge is -2.29. The highest BCUT2D eigenvalue weighted by molar-refractivity contribution is 9.09. The Morgan fingerprint density at radius 1 is 1.29 bits per heavy atom. The molecule has 2 amide bonds. The van der Waals surface area contributed by atoms with E-state index in [1.807, 2.05) is 45.0 Å². The Morgan fingerprint density at radius 2 is 1.86 bits per heavy atom. The maximum Gasteiger partial charge on any atom is 0.404 e. The first kappa shape index (κ1) is 17.5. The summed E-state index contributed by atoms with van der Waals surface area (Å²) < 4.78 is 5.19. The highest BCUT2D eigenvalue weighted by atomic mass is 79.9. The molecule has 0 aliphatic heterocycles. The Kier molecular flexibility index (Phi) is 6.20. The molecule has 1 aromatic carbocycles. The fourth-order valence-electron chi connectivity index (χ4n) is 1.80. The van der Waals surface area contributed by atoms with E-state index in [1.54, 1.807) is 0 Å². The molecule has 1 aromatic rings. The van der Waals surface area contributed by atoms with Gasteiger partial charge in [-0.1, -0.05) is 48.8 Å². The molecule has 0 aromatic heterocycles. The number of amides is 2.